The molecule has 0 spiro atoms. The van der Waals surface area contributed by atoms with Gasteiger partial charge in [0, 0.05) is 13.1 Å². The summed E-state index contributed by atoms with van der Waals surface area (Å²) in [5, 5.41) is 7.25. The van der Waals surface area contributed by atoms with Crippen LogP contribution in [0.15, 0.2) is 0 Å². The van der Waals surface area contributed by atoms with Crippen LogP contribution in [-0.4, -0.2) is 47.1 Å². The van der Waals surface area contributed by atoms with Crippen molar-refractivity contribution in [3.05, 3.63) is 10.6 Å². The fourth-order valence-corrected chi connectivity index (χ4v) is 3.13. The van der Waals surface area contributed by atoms with E-state index in [0.29, 0.717) is 5.92 Å². The third-order valence-corrected chi connectivity index (χ3v) is 4.05. The molecule has 5 nitrogen and oxygen atoms in total. The summed E-state index contributed by atoms with van der Waals surface area (Å²) in [5.74, 6) is 0.924. The minimum absolute atomic E-state index is 0.104. The molecule has 0 saturated carbocycles. The van der Waals surface area contributed by atoms with E-state index in [-0.39, 0.29) is 11.8 Å². The van der Waals surface area contributed by atoms with E-state index in [1.54, 1.807) is 0 Å². The van der Waals surface area contributed by atoms with E-state index >= 15 is 0 Å². The molecule has 18 heavy (non-hydrogen) atoms. The van der Waals surface area contributed by atoms with Crippen LogP contribution in [0.2, 0.25) is 0 Å². The Morgan fingerprint density at radius 1 is 1.61 bits per heavy atom. The molecule has 1 aromatic rings. The molecule has 0 bridgehead atoms. The second-order valence-electron chi connectivity index (χ2n) is 5.11. The van der Waals surface area contributed by atoms with Crippen molar-refractivity contribution in [1.82, 2.24) is 19.8 Å². The Kier molecular flexibility index (Phi) is 4.29. The molecule has 1 unspecified atom stereocenters. The van der Waals surface area contributed by atoms with Crippen LogP contribution in [0.1, 0.15) is 41.6 Å². The van der Waals surface area contributed by atoms with E-state index in [1.807, 2.05) is 25.8 Å². The summed E-state index contributed by atoms with van der Waals surface area (Å²) in [6.45, 7) is 6.75. The first kappa shape index (κ1) is 13.4. The van der Waals surface area contributed by atoms with Crippen molar-refractivity contribution < 1.29 is 4.79 Å². The summed E-state index contributed by atoms with van der Waals surface area (Å²) in [7, 11) is 1.95. The predicted molar refractivity (Wildman–Crippen MR) is 71.9 cm³/mol. The number of likely N-dealkylation sites (tertiary alicyclic amines) is 1. The molecule has 1 aromatic heterocycles. The Labute approximate surface area is 112 Å². The Morgan fingerprint density at radius 2 is 2.39 bits per heavy atom. The van der Waals surface area contributed by atoms with Crippen molar-refractivity contribution in [2.45, 2.75) is 26.2 Å². The lowest BCUT2D eigenvalue weighted by atomic mass is 10.1. The minimum atomic E-state index is 0.104. The van der Waals surface area contributed by atoms with E-state index < -0.39 is 0 Å². The van der Waals surface area contributed by atoms with Gasteiger partial charge in [0.1, 0.15) is 4.88 Å². The van der Waals surface area contributed by atoms with Crippen LogP contribution in [0.5, 0.6) is 0 Å². The minimum Gasteiger partial charge on any atom is -0.338 e. The van der Waals surface area contributed by atoms with Crippen LogP contribution < -0.4 is 5.32 Å². The summed E-state index contributed by atoms with van der Waals surface area (Å²) in [6.07, 6.45) is 1.08. The molecular weight excluding hydrogens is 248 g/mol. The van der Waals surface area contributed by atoms with Crippen LogP contribution in [0.4, 0.5) is 0 Å². The van der Waals surface area contributed by atoms with Crippen molar-refractivity contribution >= 4 is 17.4 Å². The van der Waals surface area contributed by atoms with Gasteiger partial charge in [-0.25, -0.2) is 0 Å². The molecule has 0 aromatic carbocycles. The lowest BCUT2D eigenvalue weighted by Crippen LogP contribution is -2.30. The first-order valence-corrected chi connectivity index (χ1v) is 7.17. The average Bonchev–Trinajstić information content (AvgIpc) is 2.96. The van der Waals surface area contributed by atoms with Gasteiger partial charge < -0.3 is 10.2 Å². The van der Waals surface area contributed by atoms with E-state index in [4.69, 9.17) is 0 Å². The molecule has 2 rings (SSSR count). The van der Waals surface area contributed by atoms with Crippen molar-refractivity contribution in [2.24, 2.45) is 5.92 Å². The molecular formula is C12H20N4OS. The SMILES string of the molecule is CNCC1CCN(C(=O)c2snnc2C(C)C)C1. The third kappa shape index (κ3) is 2.70. The third-order valence-electron chi connectivity index (χ3n) is 3.32. The quantitative estimate of drug-likeness (QED) is 0.895. The predicted octanol–water partition coefficient (Wildman–Crippen LogP) is 1.34. The number of hydrogen-bond donors (Lipinski definition) is 1. The molecule has 100 valence electrons. The van der Waals surface area contributed by atoms with Gasteiger partial charge in [0.2, 0.25) is 0 Å². The zero-order valence-corrected chi connectivity index (χ0v) is 12.0. The van der Waals surface area contributed by atoms with Crippen LogP contribution in [0, 0.1) is 5.92 Å². The lowest BCUT2D eigenvalue weighted by Gasteiger charge is -2.16. The van der Waals surface area contributed by atoms with Crippen molar-refractivity contribution in [3.8, 4) is 0 Å². The Balaban J connectivity index is 2.06. The second-order valence-corrected chi connectivity index (χ2v) is 5.86. The van der Waals surface area contributed by atoms with Crippen LogP contribution in [-0.2, 0) is 0 Å². The molecule has 1 saturated heterocycles. The van der Waals surface area contributed by atoms with Crippen LogP contribution in [0.3, 0.4) is 0 Å². The maximum atomic E-state index is 12.4. The topological polar surface area (TPSA) is 58.1 Å². The first-order valence-electron chi connectivity index (χ1n) is 6.39. The largest absolute Gasteiger partial charge is 0.338 e. The fourth-order valence-electron chi connectivity index (χ4n) is 2.34. The fraction of sp³-hybridized carbons (Fsp3) is 0.750. The molecule has 1 N–H and O–H groups in total. The highest BCUT2D eigenvalue weighted by atomic mass is 32.1. The van der Waals surface area contributed by atoms with E-state index in [9.17, 15) is 4.79 Å². The highest BCUT2D eigenvalue weighted by molar-refractivity contribution is 7.08. The van der Waals surface area contributed by atoms with Gasteiger partial charge in [0.05, 0.1) is 5.69 Å². The van der Waals surface area contributed by atoms with E-state index in [1.165, 1.54) is 11.5 Å². The zero-order valence-electron chi connectivity index (χ0n) is 11.1. The standard InChI is InChI=1S/C12H20N4OS/c1-8(2)10-11(18-15-14-10)12(17)16-5-4-9(7-16)6-13-3/h8-9,13H,4-7H2,1-3H3. The molecule has 2 heterocycles. The first-order chi connectivity index (χ1) is 8.63. The Hall–Kier alpha value is -1.01. The molecule has 0 radical (unpaired) electrons. The zero-order chi connectivity index (χ0) is 13.1. The molecule has 1 fully saturated rings. The van der Waals surface area contributed by atoms with Crippen LogP contribution in [0.25, 0.3) is 0 Å². The number of rotatable bonds is 4. The molecule has 1 aliphatic rings. The maximum Gasteiger partial charge on any atom is 0.267 e. The van der Waals surface area contributed by atoms with Crippen molar-refractivity contribution in [3.63, 3.8) is 0 Å². The van der Waals surface area contributed by atoms with Gasteiger partial charge in [0.25, 0.3) is 5.91 Å². The van der Waals surface area contributed by atoms with Gasteiger partial charge in [-0.2, -0.15) is 0 Å². The van der Waals surface area contributed by atoms with E-state index in [2.05, 4.69) is 14.9 Å². The molecule has 6 heteroatoms. The number of hydrogen-bond acceptors (Lipinski definition) is 5. The van der Waals surface area contributed by atoms with Gasteiger partial charge in [-0.1, -0.05) is 18.3 Å². The van der Waals surface area contributed by atoms with Gasteiger partial charge >= 0.3 is 0 Å². The second kappa shape index (κ2) is 5.75. The van der Waals surface area contributed by atoms with Gasteiger partial charge in [0.15, 0.2) is 0 Å². The molecule has 1 amide bonds. The maximum absolute atomic E-state index is 12.4. The van der Waals surface area contributed by atoms with Gasteiger partial charge in [-0.3, -0.25) is 4.79 Å². The lowest BCUT2D eigenvalue weighted by molar-refractivity contribution is 0.0790. The van der Waals surface area contributed by atoms with Gasteiger partial charge in [-0.15, -0.1) is 5.10 Å². The number of carbonyl (C=O) groups is 1. The number of nitrogens with one attached hydrogen (secondary N) is 1. The van der Waals surface area contributed by atoms with Crippen LogP contribution >= 0.6 is 11.5 Å². The van der Waals surface area contributed by atoms with Crippen molar-refractivity contribution in [1.29, 1.82) is 0 Å². The Morgan fingerprint density at radius 3 is 3.06 bits per heavy atom. The number of amides is 1. The average molecular weight is 268 g/mol. The van der Waals surface area contributed by atoms with E-state index in [0.717, 1.165) is 36.6 Å². The molecule has 1 atom stereocenters. The number of carbonyl (C=O) groups excluding carboxylic acids is 1. The summed E-state index contributed by atoms with van der Waals surface area (Å²) >= 11 is 1.22. The Bertz CT molecular complexity index is 418. The van der Waals surface area contributed by atoms with Crippen molar-refractivity contribution in [2.75, 3.05) is 26.7 Å². The summed E-state index contributed by atoms with van der Waals surface area (Å²) in [6, 6.07) is 0. The normalized spacial score (nSPS) is 19.8. The molecule has 0 aliphatic carbocycles. The highest BCUT2D eigenvalue weighted by Crippen LogP contribution is 2.24. The van der Waals surface area contributed by atoms with Gasteiger partial charge in [-0.05, 0) is 43.4 Å². The number of nitrogens with zero attached hydrogens (tertiary/aromatic N) is 3. The summed E-state index contributed by atoms with van der Waals surface area (Å²) in [4.78, 5) is 15.1. The highest BCUT2D eigenvalue weighted by Gasteiger charge is 2.29. The summed E-state index contributed by atoms with van der Waals surface area (Å²) < 4.78 is 3.92. The smallest absolute Gasteiger partial charge is 0.267 e. The summed E-state index contributed by atoms with van der Waals surface area (Å²) in [5.41, 5.74) is 0.835. The number of aromatic nitrogens is 2. The molecule has 1 aliphatic heterocycles. The monoisotopic (exact) mass is 268 g/mol.